The van der Waals surface area contributed by atoms with Crippen LogP contribution >= 0.6 is 0 Å². The van der Waals surface area contributed by atoms with Crippen molar-refractivity contribution in [1.29, 1.82) is 0 Å². The lowest BCUT2D eigenvalue weighted by Gasteiger charge is -2.13. The first-order valence-electron chi connectivity index (χ1n) is 6.73. The monoisotopic (exact) mass is 285 g/mol. The van der Waals surface area contributed by atoms with Crippen molar-refractivity contribution in [2.45, 2.75) is 20.4 Å². The Balaban J connectivity index is 2.24. The third-order valence-corrected chi connectivity index (χ3v) is 3.37. The Morgan fingerprint density at radius 3 is 2.71 bits per heavy atom. The first-order valence-corrected chi connectivity index (χ1v) is 6.73. The molecule has 0 aliphatic heterocycles. The summed E-state index contributed by atoms with van der Waals surface area (Å²) >= 11 is 0. The van der Waals surface area contributed by atoms with Gasteiger partial charge in [0.1, 0.15) is 5.75 Å². The van der Waals surface area contributed by atoms with Gasteiger partial charge in [0.05, 0.1) is 12.7 Å². The molecule has 0 atom stereocenters. The molecule has 0 heterocycles. The zero-order chi connectivity index (χ0) is 15.4. The van der Waals surface area contributed by atoms with Crippen LogP contribution in [0.15, 0.2) is 36.4 Å². The lowest BCUT2D eigenvalue weighted by atomic mass is 10.1. The fourth-order valence-electron chi connectivity index (χ4n) is 2.14. The van der Waals surface area contributed by atoms with Crippen LogP contribution in [0.4, 0.5) is 5.69 Å². The molecule has 21 heavy (non-hydrogen) atoms. The number of carbonyl (C=O) groups is 1. The van der Waals surface area contributed by atoms with Crippen LogP contribution in [-0.2, 0) is 11.3 Å². The number of ether oxygens (including phenoxy) is 1. The van der Waals surface area contributed by atoms with Gasteiger partial charge in [-0.05, 0) is 31.5 Å². The molecule has 2 aromatic carbocycles. The van der Waals surface area contributed by atoms with Crippen molar-refractivity contribution >= 4 is 11.7 Å². The quantitative estimate of drug-likeness (QED) is 0.845. The number of nitrogens with one attached hydrogen (secondary N) is 1. The van der Waals surface area contributed by atoms with Gasteiger partial charge < -0.3 is 15.2 Å². The summed E-state index contributed by atoms with van der Waals surface area (Å²) in [6, 6.07) is 11.1. The number of rotatable bonds is 4. The third-order valence-electron chi connectivity index (χ3n) is 3.37. The molecule has 0 saturated carbocycles. The van der Waals surface area contributed by atoms with E-state index in [1.807, 2.05) is 44.2 Å². The average Bonchev–Trinajstić information content (AvgIpc) is 2.49. The second kappa shape index (κ2) is 6.31. The molecular formula is C17H19NO3. The van der Waals surface area contributed by atoms with Crippen molar-refractivity contribution in [3.8, 4) is 5.75 Å². The first kappa shape index (κ1) is 14.9. The van der Waals surface area contributed by atoms with Crippen molar-refractivity contribution < 1.29 is 14.6 Å². The van der Waals surface area contributed by atoms with Crippen molar-refractivity contribution in [2.75, 3.05) is 12.4 Å². The molecule has 110 valence electrons. The number of phenols is 1. The molecule has 2 N–H and O–H groups in total. The number of esters is 1. The summed E-state index contributed by atoms with van der Waals surface area (Å²) in [7, 11) is 1.36. The summed E-state index contributed by atoms with van der Waals surface area (Å²) in [6.07, 6.45) is 0. The minimum absolute atomic E-state index is 0.275. The van der Waals surface area contributed by atoms with E-state index in [0.717, 1.165) is 16.7 Å². The molecule has 0 aliphatic rings. The van der Waals surface area contributed by atoms with Crippen molar-refractivity contribution in [1.82, 2.24) is 0 Å². The highest BCUT2D eigenvalue weighted by molar-refractivity contribution is 5.95. The van der Waals surface area contributed by atoms with E-state index in [1.54, 1.807) is 6.07 Å². The van der Waals surface area contributed by atoms with Gasteiger partial charge in [-0.25, -0.2) is 4.79 Å². The number of methoxy groups -OCH3 is 1. The molecule has 0 unspecified atom stereocenters. The standard InChI is InChI=1S/C17H19NO3/c1-11-7-8-15(14(9-11)17(20)21-3)18-10-13-6-4-5-12(2)16(13)19/h4-9,18-19H,10H2,1-3H3. The number of hydrogen-bond donors (Lipinski definition) is 2. The fourth-order valence-corrected chi connectivity index (χ4v) is 2.14. The lowest BCUT2D eigenvalue weighted by Crippen LogP contribution is -2.09. The van der Waals surface area contributed by atoms with Crippen LogP contribution in [0.2, 0.25) is 0 Å². The number of carbonyl (C=O) groups excluding carboxylic acids is 1. The highest BCUT2D eigenvalue weighted by Gasteiger charge is 2.12. The van der Waals surface area contributed by atoms with Crippen LogP contribution in [-0.4, -0.2) is 18.2 Å². The Kier molecular flexibility index (Phi) is 4.48. The molecule has 0 bridgehead atoms. The van der Waals surface area contributed by atoms with Crippen molar-refractivity contribution in [2.24, 2.45) is 0 Å². The highest BCUT2D eigenvalue weighted by atomic mass is 16.5. The van der Waals surface area contributed by atoms with Gasteiger partial charge in [0.15, 0.2) is 0 Å². The molecule has 2 aromatic rings. The van der Waals surface area contributed by atoms with Crippen LogP contribution < -0.4 is 5.32 Å². The van der Waals surface area contributed by atoms with E-state index in [4.69, 9.17) is 4.74 Å². The zero-order valence-electron chi connectivity index (χ0n) is 12.4. The normalized spacial score (nSPS) is 10.2. The smallest absolute Gasteiger partial charge is 0.339 e. The zero-order valence-corrected chi connectivity index (χ0v) is 12.4. The molecule has 0 amide bonds. The van der Waals surface area contributed by atoms with E-state index in [2.05, 4.69) is 5.32 Å². The molecule has 0 saturated heterocycles. The summed E-state index contributed by atoms with van der Waals surface area (Å²) in [5.41, 5.74) is 3.77. The lowest BCUT2D eigenvalue weighted by molar-refractivity contribution is 0.0601. The summed E-state index contributed by atoms with van der Waals surface area (Å²) in [4.78, 5) is 11.8. The van der Waals surface area contributed by atoms with Gasteiger partial charge in [-0.3, -0.25) is 0 Å². The van der Waals surface area contributed by atoms with Gasteiger partial charge in [-0.1, -0.05) is 29.8 Å². The van der Waals surface area contributed by atoms with Gasteiger partial charge in [-0.15, -0.1) is 0 Å². The van der Waals surface area contributed by atoms with Crippen molar-refractivity contribution in [3.05, 3.63) is 58.7 Å². The Hall–Kier alpha value is -2.49. The molecule has 0 radical (unpaired) electrons. The molecular weight excluding hydrogens is 266 g/mol. The predicted octanol–water partition coefficient (Wildman–Crippen LogP) is 3.41. The van der Waals surface area contributed by atoms with Crippen LogP contribution in [0.1, 0.15) is 27.0 Å². The molecule has 4 nitrogen and oxygen atoms in total. The van der Waals surface area contributed by atoms with Crippen LogP contribution in [0.3, 0.4) is 0 Å². The van der Waals surface area contributed by atoms with E-state index in [-0.39, 0.29) is 11.7 Å². The molecule has 0 aliphatic carbocycles. The Labute approximate surface area is 124 Å². The van der Waals surface area contributed by atoms with Crippen LogP contribution in [0.5, 0.6) is 5.75 Å². The fraction of sp³-hybridized carbons (Fsp3) is 0.235. The molecule has 0 spiro atoms. The SMILES string of the molecule is COC(=O)c1cc(C)ccc1NCc1cccc(C)c1O. The highest BCUT2D eigenvalue weighted by Crippen LogP contribution is 2.24. The molecule has 0 fully saturated rings. The van der Waals surface area contributed by atoms with E-state index >= 15 is 0 Å². The minimum Gasteiger partial charge on any atom is -0.507 e. The second-order valence-electron chi connectivity index (χ2n) is 4.98. The second-order valence-corrected chi connectivity index (χ2v) is 4.98. The number of benzene rings is 2. The van der Waals surface area contributed by atoms with Gasteiger partial charge in [-0.2, -0.15) is 0 Å². The summed E-state index contributed by atoms with van der Waals surface area (Å²) in [5, 5.41) is 13.2. The van der Waals surface area contributed by atoms with Crippen LogP contribution in [0, 0.1) is 13.8 Å². The minimum atomic E-state index is -0.380. The maximum absolute atomic E-state index is 11.8. The van der Waals surface area contributed by atoms with E-state index in [9.17, 15) is 9.90 Å². The van der Waals surface area contributed by atoms with E-state index < -0.39 is 0 Å². The first-order chi connectivity index (χ1) is 10.0. The predicted molar refractivity (Wildman–Crippen MR) is 82.7 cm³/mol. The number of aromatic hydroxyl groups is 1. The van der Waals surface area contributed by atoms with Gasteiger partial charge in [0.25, 0.3) is 0 Å². The molecule has 4 heteroatoms. The Morgan fingerprint density at radius 2 is 2.00 bits per heavy atom. The summed E-state index contributed by atoms with van der Waals surface area (Å²) in [5.74, 6) is -0.105. The number of para-hydroxylation sites is 1. The topological polar surface area (TPSA) is 58.6 Å². The summed E-state index contributed by atoms with van der Waals surface area (Å²) in [6.45, 7) is 4.20. The van der Waals surface area contributed by atoms with E-state index in [0.29, 0.717) is 17.8 Å². The van der Waals surface area contributed by atoms with Gasteiger partial charge in [0, 0.05) is 17.8 Å². The number of phenolic OH excluding ortho intramolecular Hbond substituents is 1. The maximum Gasteiger partial charge on any atom is 0.339 e. The maximum atomic E-state index is 11.8. The number of aryl methyl sites for hydroxylation is 2. The average molecular weight is 285 g/mol. The molecule has 0 aromatic heterocycles. The third kappa shape index (κ3) is 3.34. The molecule has 2 rings (SSSR count). The number of anilines is 1. The van der Waals surface area contributed by atoms with Crippen LogP contribution in [0.25, 0.3) is 0 Å². The summed E-state index contributed by atoms with van der Waals surface area (Å²) < 4.78 is 4.80. The van der Waals surface area contributed by atoms with Crippen molar-refractivity contribution in [3.63, 3.8) is 0 Å². The van der Waals surface area contributed by atoms with E-state index in [1.165, 1.54) is 7.11 Å². The van der Waals surface area contributed by atoms with Gasteiger partial charge >= 0.3 is 5.97 Å². The largest absolute Gasteiger partial charge is 0.507 e. The number of hydrogen-bond acceptors (Lipinski definition) is 4. The van der Waals surface area contributed by atoms with Gasteiger partial charge in [0.2, 0.25) is 0 Å². The Bertz CT molecular complexity index is 665. The Morgan fingerprint density at radius 1 is 1.24 bits per heavy atom.